The van der Waals surface area contributed by atoms with Crippen LogP contribution in [0.2, 0.25) is 0 Å². The average molecular weight is 386 g/mol. The predicted octanol–water partition coefficient (Wildman–Crippen LogP) is 2.70. The number of carbonyl (C=O) groups excluding carboxylic acids is 1. The van der Waals surface area contributed by atoms with Crippen LogP contribution in [-0.2, 0) is 0 Å². The predicted molar refractivity (Wildman–Crippen MR) is 100 cm³/mol. The van der Waals surface area contributed by atoms with E-state index in [0.29, 0.717) is 29.6 Å². The van der Waals surface area contributed by atoms with E-state index in [9.17, 15) is 9.18 Å². The zero-order chi connectivity index (χ0) is 19.1. The largest absolute Gasteiger partial charge is 0.327 e. The molecule has 2 fully saturated rings. The van der Waals surface area contributed by atoms with Gasteiger partial charge in [-0.05, 0) is 55.6 Å². The van der Waals surface area contributed by atoms with Crippen molar-refractivity contribution < 1.29 is 9.18 Å². The fourth-order valence-electron chi connectivity index (χ4n) is 3.12. The second-order valence-corrected chi connectivity index (χ2v) is 7.55. The number of amidine groups is 2. The molecule has 0 bridgehead atoms. The third kappa shape index (κ3) is 3.34. The number of nitrogens with zero attached hydrogens (tertiary/aromatic N) is 4. The molecule has 7 nitrogen and oxygen atoms in total. The maximum absolute atomic E-state index is 13.1. The molecule has 1 aliphatic carbocycles. The Balaban J connectivity index is 1.48. The molecule has 1 saturated carbocycles. The van der Waals surface area contributed by atoms with Crippen LogP contribution in [0.4, 0.5) is 4.39 Å². The highest BCUT2D eigenvalue weighted by atomic mass is 32.1. The fraction of sp³-hybridized carbons (Fsp3) is 0.389. The molecule has 0 spiro atoms. The van der Waals surface area contributed by atoms with E-state index in [0.717, 1.165) is 18.7 Å². The highest BCUT2D eigenvalue weighted by Crippen LogP contribution is 2.38. The molecule has 2 N–H and O–H groups in total. The SMILES string of the molecule is CC1C(=N)N(C(=N)c2nc(C3CC3)ns2)CCN1C(=O)c1ccc(F)cc1. The van der Waals surface area contributed by atoms with Crippen LogP contribution in [0.25, 0.3) is 0 Å². The van der Waals surface area contributed by atoms with Gasteiger partial charge in [0.2, 0.25) is 0 Å². The van der Waals surface area contributed by atoms with Gasteiger partial charge in [0.25, 0.3) is 5.91 Å². The zero-order valence-electron chi connectivity index (χ0n) is 14.8. The molecule has 1 aliphatic heterocycles. The third-order valence-electron chi connectivity index (χ3n) is 4.93. The molecule has 1 saturated heterocycles. The molecular formula is C18H19FN6OS. The lowest BCUT2D eigenvalue weighted by Crippen LogP contribution is -2.58. The molecule has 2 heterocycles. The highest BCUT2D eigenvalue weighted by molar-refractivity contribution is 7.07. The molecule has 1 aromatic carbocycles. The maximum atomic E-state index is 13.1. The van der Waals surface area contributed by atoms with E-state index >= 15 is 0 Å². The average Bonchev–Trinajstić information content (AvgIpc) is 3.40. The smallest absolute Gasteiger partial charge is 0.254 e. The van der Waals surface area contributed by atoms with Crippen molar-refractivity contribution in [3.8, 4) is 0 Å². The summed E-state index contributed by atoms with van der Waals surface area (Å²) in [6.45, 7) is 2.47. The number of aromatic nitrogens is 2. The standard InChI is InChI=1S/C18H19FN6OS/c1-10-14(20)25(15(21)17-22-16(23-27-17)11-2-3-11)9-8-24(10)18(26)12-4-6-13(19)7-5-12/h4-7,10-11,20-21H,2-3,8-9H2,1H3. The van der Waals surface area contributed by atoms with Crippen LogP contribution in [0.1, 0.15) is 46.9 Å². The molecule has 1 amide bonds. The van der Waals surface area contributed by atoms with Gasteiger partial charge in [-0.2, -0.15) is 4.37 Å². The molecule has 4 rings (SSSR count). The van der Waals surface area contributed by atoms with E-state index in [-0.39, 0.29) is 17.6 Å². The van der Waals surface area contributed by atoms with Gasteiger partial charge in [0.15, 0.2) is 10.8 Å². The Hall–Kier alpha value is -2.68. The van der Waals surface area contributed by atoms with Gasteiger partial charge >= 0.3 is 0 Å². The normalized spacial score (nSPS) is 20.1. The first-order valence-corrected chi connectivity index (χ1v) is 9.58. The summed E-state index contributed by atoms with van der Waals surface area (Å²) >= 11 is 1.19. The first-order valence-electron chi connectivity index (χ1n) is 8.80. The number of amides is 1. The number of halogens is 1. The van der Waals surface area contributed by atoms with Crippen molar-refractivity contribution in [2.45, 2.75) is 31.7 Å². The van der Waals surface area contributed by atoms with Gasteiger partial charge in [0, 0.05) is 24.6 Å². The lowest BCUT2D eigenvalue weighted by molar-refractivity contribution is 0.0701. The summed E-state index contributed by atoms with van der Waals surface area (Å²) in [5, 5.41) is 17.4. The fourth-order valence-corrected chi connectivity index (χ4v) is 3.82. The Morgan fingerprint density at radius 2 is 1.96 bits per heavy atom. The molecule has 2 aromatic rings. The second-order valence-electron chi connectivity index (χ2n) is 6.80. The van der Waals surface area contributed by atoms with Gasteiger partial charge in [0.1, 0.15) is 17.5 Å². The molecule has 1 aromatic heterocycles. The Labute approximate surface area is 160 Å². The van der Waals surface area contributed by atoms with E-state index in [4.69, 9.17) is 10.8 Å². The summed E-state index contributed by atoms with van der Waals surface area (Å²) in [6.07, 6.45) is 2.20. The second kappa shape index (κ2) is 6.80. The van der Waals surface area contributed by atoms with Crippen molar-refractivity contribution in [3.05, 3.63) is 46.5 Å². The van der Waals surface area contributed by atoms with Crippen molar-refractivity contribution >= 4 is 29.1 Å². The van der Waals surface area contributed by atoms with Crippen molar-refractivity contribution in [1.82, 2.24) is 19.2 Å². The Bertz CT molecular complexity index is 907. The van der Waals surface area contributed by atoms with Crippen LogP contribution in [0.5, 0.6) is 0 Å². The van der Waals surface area contributed by atoms with E-state index in [1.165, 1.54) is 35.8 Å². The summed E-state index contributed by atoms with van der Waals surface area (Å²) in [5.41, 5.74) is 0.387. The van der Waals surface area contributed by atoms with Crippen LogP contribution in [0, 0.1) is 16.6 Å². The van der Waals surface area contributed by atoms with Gasteiger partial charge in [-0.25, -0.2) is 9.37 Å². The van der Waals surface area contributed by atoms with Crippen molar-refractivity contribution in [2.75, 3.05) is 13.1 Å². The van der Waals surface area contributed by atoms with Gasteiger partial charge in [0.05, 0.1) is 6.04 Å². The molecule has 1 atom stereocenters. The lowest BCUT2D eigenvalue weighted by Gasteiger charge is -2.40. The third-order valence-corrected chi connectivity index (χ3v) is 5.66. The van der Waals surface area contributed by atoms with E-state index in [1.807, 2.05) is 0 Å². The molecule has 9 heteroatoms. The van der Waals surface area contributed by atoms with Crippen molar-refractivity contribution in [1.29, 1.82) is 10.8 Å². The molecular weight excluding hydrogens is 367 g/mol. The van der Waals surface area contributed by atoms with E-state index in [1.54, 1.807) is 16.7 Å². The number of rotatable bonds is 3. The number of hydrogen-bond donors (Lipinski definition) is 2. The molecule has 140 valence electrons. The number of benzene rings is 1. The Morgan fingerprint density at radius 1 is 1.26 bits per heavy atom. The monoisotopic (exact) mass is 386 g/mol. The van der Waals surface area contributed by atoms with Gasteiger partial charge < -0.3 is 9.80 Å². The minimum Gasteiger partial charge on any atom is -0.327 e. The summed E-state index contributed by atoms with van der Waals surface area (Å²) in [7, 11) is 0. The van der Waals surface area contributed by atoms with Crippen LogP contribution in [-0.4, -0.2) is 55.9 Å². The molecule has 27 heavy (non-hydrogen) atoms. The van der Waals surface area contributed by atoms with Crippen molar-refractivity contribution in [2.24, 2.45) is 0 Å². The number of carbonyl (C=O) groups is 1. The number of nitrogens with one attached hydrogen (secondary N) is 2. The van der Waals surface area contributed by atoms with Crippen LogP contribution in [0.3, 0.4) is 0 Å². The number of hydrogen-bond acceptors (Lipinski definition) is 6. The van der Waals surface area contributed by atoms with Crippen LogP contribution in [0.15, 0.2) is 24.3 Å². The first-order chi connectivity index (χ1) is 13.0. The van der Waals surface area contributed by atoms with E-state index in [2.05, 4.69) is 9.36 Å². The van der Waals surface area contributed by atoms with Crippen LogP contribution >= 0.6 is 11.5 Å². The van der Waals surface area contributed by atoms with Crippen LogP contribution < -0.4 is 0 Å². The quantitative estimate of drug-likeness (QED) is 0.626. The summed E-state index contributed by atoms with van der Waals surface area (Å²) in [4.78, 5) is 20.3. The highest BCUT2D eigenvalue weighted by Gasteiger charge is 2.35. The maximum Gasteiger partial charge on any atom is 0.254 e. The molecule has 2 aliphatic rings. The van der Waals surface area contributed by atoms with Gasteiger partial charge in [-0.1, -0.05) is 0 Å². The Morgan fingerprint density at radius 3 is 2.63 bits per heavy atom. The van der Waals surface area contributed by atoms with Gasteiger partial charge in [-0.3, -0.25) is 15.6 Å². The minimum absolute atomic E-state index is 0.158. The number of piperazine rings is 1. The summed E-state index contributed by atoms with van der Waals surface area (Å²) < 4.78 is 17.4. The molecule has 0 radical (unpaired) electrons. The zero-order valence-corrected chi connectivity index (χ0v) is 15.6. The molecule has 1 unspecified atom stereocenters. The van der Waals surface area contributed by atoms with Crippen molar-refractivity contribution in [3.63, 3.8) is 0 Å². The van der Waals surface area contributed by atoms with Gasteiger partial charge in [-0.15, -0.1) is 0 Å². The minimum atomic E-state index is -0.493. The topological polar surface area (TPSA) is 97.0 Å². The van der Waals surface area contributed by atoms with E-state index < -0.39 is 11.9 Å². The summed E-state index contributed by atoms with van der Waals surface area (Å²) in [6, 6.07) is 4.91. The lowest BCUT2D eigenvalue weighted by atomic mass is 10.1. The summed E-state index contributed by atoms with van der Waals surface area (Å²) in [5.74, 6) is 0.907. The first kappa shape index (κ1) is 17.7. The Kier molecular flexibility index (Phi) is 4.47.